The first-order valence-corrected chi connectivity index (χ1v) is 8.75. The predicted molar refractivity (Wildman–Crippen MR) is 104 cm³/mol. The fraction of sp³-hybridized carbons (Fsp3) is 0.167. The van der Waals surface area contributed by atoms with Gasteiger partial charge in [-0.25, -0.2) is 0 Å². The van der Waals surface area contributed by atoms with Gasteiger partial charge in [0.15, 0.2) is 11.5 Å². The molecule has 3 aromatic rings. The van der Waals surface area contributed by atoms with E-state index in [0.29, 0.717) is 34.5 Å². The zero-order chi connectivity index (χ0) is 18.4. The third-order valence-corrected chi connectivity index (χ3v) is 3.93. The van der Waals surface area contributed by atoms with Crippen LogP contribution >= 0.6 is 23.8 Å². The molecule has 6 nitrogen and oxygen atoms in total. The average Bonchev–Trinajstić information content (AvgIpc) is 3.04. The van der Waals surface area contributed by atoms with E-state index in [1.807, 2.05) is 49.4 Å². The van der Waals surface area contributed by atoms with E-state index in [1.54, 1.807) is 6.21 Å². The Morgan fingerprint density at radius 1 is 1.23 bits per heavy atom. The molecule has 134 valence electrons. The van der Waals surface area contributed by atoms with Gasteiger partial charge in [0.2, 0.25) is 4.77 Å². The molecule has 0 saturated carbocycles. The second-order valence-corrected chi connectivity index (χ2v) is 6.13. The summed E-state index contributed by atoms with van der Waals surface area (Å²) in [5.41, 5.74) is 1.84. The SMILES string of the molecule is CCOc1cc(/C=N\n2cn[nH]c2=S)ccc1OCc1cccc(Cl)c1. The molecule has 0 saturated heterocycles. The standard InChI is InChI=1S/C18H17ClN4O2S/c1-2-24-17-9-13(10-21-23-12-20-22-18(23)26)6-7-16(17)25-11-14-4-3-5-15(19)8-14/h3-10,12H,2,11H2,1H3,(H,22,26)/b21-10-. The third-order valence-electron chi connectivity index (χ3n) is 3.42. The molecule has 0 aliphatic rings. The summed E-state index contributed by atoms with van der Waals surface area (Å²) >= 11 is 11.1. The van der Waals surface area contributed by atoms with Crippen molar-refractivity contribution >= 4 is 30.0 Å². The first-order chi connectivity index (χ1) is 12.7. The summed E-state index contributed by atoms with van der Waals surface area (Å²) in [4.78, 5) is 0. The van der Waals surface area contributed by atoms with Gasteiger partial charge in [0.05, 0.1) is 12.8 Å². The number of nitrogens with zero attached hydrogens (tertiary/aromatic N) is 3. The molecule has 2 aromatic carbocycles. The lowest BCUT2D eigenvalue weighted by Crippen LogP contribution is -2.00. The van der Waals surface area contributed by atoms with Crippen molar-refractivity contribution in [3.8, 4) is 11.5 Å². The Labute approximate surface area is 161 Å². The molecule has 0 radical (unpaired) electrons. The van der Waals surface area contributed by atoms with Crippen LogP contribution in [-0.4, -0.2) is 27.7 Å². The summed E-state index contributed by atoms with van der Waals surface area (Å²) in [6, 6.07) is 13.2. The van der Waals surface area contributed by atoms with Crippen LogP contribution in [-0.2, 0) is 6.61 Å². The van der Waals surface area contributed by atoms with Gasteiger partial charge in [0, 0.05) is 5.02 Å². The number of aromatic amines is 1. The lowest BCUT2D eigenvalue weighted by atomic mass is 10.2. The van der Waals surface area contributed by atoms with Crippen LogP contribution in [0.4, 0.5) is 0 Å². The molecule has 1 aromatic heterocycles. The van der Waals surface area contributed by atoms with Gasteiger partial charge in [-0.1, -0.05) is 23.7 Å². The largest absolute Gasteiger partial charge is 0.490 e. The van der Waals surface area contributed by atoms with Crippen molar-refractivity contribution in [2.24, 2.45) is 5.10 Å². The highest BCUT2D eigenvalue weighted by molar-refractivity contribution is 7.71. The second-order valence-electron chi connectivity index (χ2n) is 5.31. The van der Waals surface area contributed by atoms with Crippen LogP contribution in [0.2, 0.25) is 5.02 Å². The third kappa shape index (κ3) is 4.71. The molecule has 8 heteroatoms. The van der Waals surface area contributed by atoms with Crippen LogP contribution in [0.5, 0.6) is 11.5 Å². The summed E-state index contributed by atoms with van der Waals surface area (Å²) in [6.45, 7) is 2.85. The summed E-state index contributed by atoms with van der Waals surface area (Å²) in [5.74, 6) is 1.30. The molecule has 3 rings (SSSR count). The molecule has 1 N–H and O–H groups in total. The smallest absolute Gasteiger partial charge is 0.216 e. The minimum absolute atomic E-state index is 0.401. The molecule has 0 fully saturated rings. The summed E-state index contributed by atoms with van der Waals surface area (Å²) in [6.07, 6.45) is 3.18. The molecule has 1 heterocycles. The Morgan fingerprint density at radius 2 is 2.12 bits per heavy atom. The summed E-state index contributed by atoms with van der Waals surface area (Å²) < 4.78 is 13.5. The number of hydrogen-bond acceptors (Lipinski definition) is 5. The van der Waals surface area contributed by atoms with E-state index < -0.39 is 0 Å². The minimum atomic E-state index is 0.401. The van der Waals surface area contributed by atoms with Crippen LogP contribution in [0.3, 0.4) is 0 Å². The monoisotopic (exact) mass is 388 g/mol. The maximum absolute atomic E-state index is 6.01. The lowest BCUT2D eigenvalue weighted by molar-refractivity contribution is 0.269. The van der Waals surface area contributed by atoms with E-state index in [0.717, 1.165) is 11.1 Å². The van der Waals surface area contributed by atoms with Crippen LogP contribution in [0.25, 0.3) is 0 Å². The lowest BCUT2D eigenvalue weighted by Gasteiger charge is -2.12. The van der Waals surface area contributed by atoms with Gasteiger partial charge in [-0.2, -0.15) is 14.9 Å². The highest BCUT2D eigenvalue weighted by Gasteiger charge is 2.07. The van der Waals surface area contributed by atoms with Gasteiger partial charge in [-0.3, -0.25) is 5.10 Å². The van der Waals surface area contributed by atoms with Gasteiger partial charge in [0.25, 0.3) is 0 Å². The molecule has 0 atom stereocenters. The van der Waals surface area contributed by atoms with Crippen LogP contribution in [0.15, 0.2) is 53.9 Å². The Kier molecular flexibility index (Phi) is 6.04. The number of ether oxygens (including phenoxy) is 2. The van der Waals surface area contributed by atoms with E-state index in [-0.39, 0.29) is 0 Å². The van der Waals surface area contributed by atoms with Crippen molar-refractivity contribution < 1.29 is 9.47 Å². The number of halogens is 1. The number of rotatable bonds is 7. The van der Waals surface area contributed by atoms with E-state index in [2.05, 4.69) is 15.3 Å². The van der Waals surface area contributed by atoms with Crippen molar-refractivity contribution in [3.05, 3.63) is 69.7 Å². The summed E-state index contributed by atoms with van der Waals surface area (Å²) in [5, 5.41) is 11.4. The number of hydrogen-bond donors (Lipinski definition) is 1. The Balaban J connectivity index is 1.77. The van der Waals surface area contributed by atoms with Crippen LogP contribution in [0, 0.1) is 4.77 Å². The van der Waals surface area contributed by atoms with E-state index in [1.165, 1.54) is 11.0 Å². The molecule has 0 amide bonds. The molecule has 0 aliphatic carbocycles. The van der Waals surface area contributed by atoms with Gasteiger partial charge in [-0.05, 0) is 60.6 Å². The molecule has 0 bridgehead atoms. The normalized spacial score (nSPS) is 11.0. The zero-order valence-corrected chi connectivity index (χ0v) is 15.6. The van der Waals surface area contributed by atoms with Gasteiger partial charge in [0.1, 0.15) is 12.9 Å². The highest BCUT2D eigenvalue weighted by Crippen LogP contribution is 2.29. The quantitative estimate of drug-likeness (QED) is 0.479. The highest BCUT2D eigenvalue weighted by atomic mass is 35.5. The van der Waals surface area contributed by atoms with Crippen molar-refractivity contribution in [3.63, 3.8) is 0 Å². The zero-order valence-electron chi connectivity index (χ0n) is 14.1. The molecule has 0 unspecified atom stereocenters. The van der Waals surface area contributed by atoms with E-state index >= 15 is 0 Å². The molecule has 0 spiro atoms. The topological polar surface area (TPSA) is 64.4 Å². The number of nitrogens with one attached hydrogen (secondary N) is 1. The van der Waals surface area contributed by atoms with Crippen LogP contribution in [0.1, 0.15) is 18.1 Å². The van der Waals surface area contributed by atoms with Crippen molar-refractivity contribution in [1.29, 1.82) is 0 Å². The Bertz CT molecular complexity index is 968. The van der Waals surface area contributed by atoms with Crippen molar-refractivity contribution in [2.75, 3.05) is 6.61 Å². The van der Waals surface area contributed by atoms with Crippen LogP contribution < -0.4 is 9.47 Å². The van der Waals surface area contributed by atoms with E-state index in [9.17, 15) is 0 Å². The first kappa shape index (κ1) is 18.2. The maximum atomic E-state index is 6.01. The van der Waals surface area contributed by atoms with Gasteiger partial charge in [-0.15, -0.1) is 0 Å². The van der Waals surface area contributed by atoms with E-state index in [4.69, 9.17) is 33.3 Å². The fourth-order valence-electron chi connectivity index (χ4n) is 2.23. The summed E-state index contributed by atoms with van der Waals surface area (Å²) in [7, 11) is 0. The fourth-order valence-corrected chi connectivity index (χ4v) is 2.59. The molecule has 0 aliphatic heterocycles. The van der Waals surface area contributed by atoms with Gasteiger partial charge < -0.3 is 9.47 Å². The van der Waals surface area contributed by atoms with Crippen molar-refractivity contribution in [2.45, 2.75) is 13.5 Å². The van der Waals surface area contributed by atoms with Crippen molar-refractivity contribution in [1.82, 2.24) is 14.9 Å². The molecular weight excluding hydrogens is 372 g/mol. The molecular formula is C18H17ClN4O2S. The molecule has 26 heavy (non-hydrogen) atoms. The average molecular weight is 389 g/mol. The number of benzene rings is 2. The maximum Gasteiger partial charge on any atom is 0.216 e. The Morgan fingerprint density at radius 3 is 2.85 bits per heavy atom. The predicted octanol–water partition coefficient (Wildman–Crippen LogP) is 4.45. The second kappa shape index (κ2) is 8.64. The first-order valence-electron chi connectivity index (χ1n) is 7.96. The number of aromatic nitrogens is 3. The van der Waals surface area contributed by atoms with Gasteiger partial charge >= 0.3 is 0 Å². The Hall–Kier alpha value is -2.64. The number of H-pyrrole nitrogens is 1. The minimum Gasteiger partial charge on any atom is -0.490 e.